The Bertz CT molecular complexity index is 1180. The van der Waals surface area contributed by atoms with Crippen molar-refractivity contribution in [1.29, 1.82) is 0 Å². The molecule has 0 bridgehead atoms. The molecule has 1 saturated heterocycles. The molecule has 4 aromatic rings. The van der Waals surface area contributed by atoms with E-state index in [1.807, 2.05) is 43.3 Å². The van der Waals surface area contributed by atoms with Crippen molar-refractivity contribution < 1.29 is 14.1 Å². The fraction of sp³-hybridized carbons (Fsp3) is 0.227. The summed E-state index contributed by atoms with van der Waals surface area (Å²) in [5, 5.41) is 8.20. The Hall–Kier alpha value is -4.01. The van der Waals surface area contributed by atoms with Gasteiger partial charge >= 0.3 is 0 Å². The molecule has 0 N–H and O–H groups in total. The molecule has 4 heterocycles. The number of carbonyl (C=O) groups excluding carboxylic acids is 1. The first-order valence-corrected chi connectivity index (χ1v) is 10.0. The van der Waals surface area contributed by atoms with Crippen LogP contribution in [0.25, 0.3) is 22.8 Å². The summed E-state index contributed by atoms with van der Waals surface area (Å²) in [6.07, 6.45) is 4.98. The van der Waals surface area contributed by atoms with Crippen molar-refractivity contribution in [3.8, 4) is 28.6 Å². The van der Waals surface area contributed by atoms with Crippen molar-refractivity contribution in [3.63, 3.8) is 0 Å². The molecular weight excluding hydrogens is 396 g/mol. The Morgan fingerprint density at radius 2 is 1.84 bits per heavy atom. The highest BCUT2D eigenvalue weighted by Crippen LogP contribution is 2.25. The minimum Gasteiger partial charge on any atom is -0.487 e. The first kappa shape index (κ1) is 19.0. The van der Waals surface area contributed by atoms with Gasteiger partial charge in [-0.05, 0) is 49.4 Å². The van der Waals surface area contributed by atoms with Crippen LogP contribution in [0.2, 0.25) is 0 Å². The van der Waals surface area contributed by atoms with Crippen molar-refractivity contribution in [2.45, 2.75) is 19.6 Å². The number of likely N-dealkylation sites (tertiary alicyclic amines) is 1. The van der Waals surface area contributed by atoms with E-state index in [0.29, 0.717) is 37.0 Å². The van der Waals surface area contributed by atoms with Crippen molar-refractivity contribution in [2.75, 3.05) is 13.1 Å². The van der Waals surface area contributed by atoms with Crippen LogP contribution in [0.3, 0.4) is 0 Å². The second-order valence-electron chi connectivity index (χ2n) is 7.17. The SMILES string of the molecule is CCn1nccc1C(=O)N1CC(Oc2ccc(-c3noc(-c4ccncc4)n3)cc2)C1. The molecule has 0 spiro atoms. The number of nitrogens with zero attached hydrogens (tertiary/aromatic N) is 6. The average molecular weight is 416 g/mol. The topological polar surface area (TPSA) is 99.2 Å². The molecule has 9 nitrogen and oxygen atoms in total. The largest absolute Gasteiger partial charge is 0.487 e. The third-order valence-corrected chi connectivity index (χ3v) is 5.14. The zero-order chi connectivity index (χ0) is 21.2. The van der Waals surface area contributed by atoms with Gasteiger partial charge in [-0.25, -0.2) is 0 Å². The van der Waals surface area contributed by atoms with Crippen LogP contribution >= 0.6 is 0 Å². The zero-order valence-corrected chi connectivity index (χ0v) is 16.9. The van der Waals surface area contributed by atoms with Crippen LogP contribution < -0.4 is 4.74 Å². The molecule has 0 saturated carbocycles. The summed E-state index contributed by atoms with van der Waals surface area (Å²) in [5.74, 6) is 1.67. The van der Waals surface area contributed by atoms with Crippen LogP contribution in [0.4, 0.5) is 0 Å². The molecule has 1 aliphatic heterocycles. The molecule has 31 heavy (non-hydrogen) atoms. The summed E-state index contributed by atoms with van der Waals surface area (Å²) in [6, 6.07) is 12.9. The second kappa shape index (κ2) is 8.02. The lowest BCUT2D eigenvalue weighted by molar-refractivity contribution is 0.0169. The van der Waals surface area contributed by atoms with Crippen LogP contribution in [-0.2, 0) is 6.54 Å². The maximum absolute atomic E-state index is 12.6. The van der Waals surface area contributed by atoms with Crippen LogP contribution in [0.15, 0.2) is 65.6 Å². The number of aryl methyl sites for hydroxylation is 1. The lowest BCUT2D eigenvalue weighted by Crippen LogP contribution is -2.56. The second-order valence-corrected chi connectivity index (χ2v) is 7.17. The number of aromatic nitrogens is 5. The molecule has 1 amide bonds. The standard InChI is InChI=1S/C22H20N6O3/c1-2-28-19(9-12-24-28)22(29)27-13-18(14-27)30-17-5-3-15(4-6-17)20-25-21(31-26-20)16-7-10-23-11-8-16/h3-12,18H,2,13-14H2,1H3. The van der Waals surface area contributed by atoms with E-state index < -0.39 is 0 Å². The predicted molar refractivity (Wildman–Crippen MR) is 111 cm³/mol. The Balaban J connectivity index is 1.18. The predicted octanol–water partition coefficient (Wildman–Crippen LogP) is 2.92. The molecule has 9 heteroatoms. The number of ether oxygens (including phenoxy) is 1. The summed E-state index contributed by atoms with van der Waals surface area (Å²) < 4.78 is 13.0. The molecule has 0 unspecified atom stereocenters. The summed E-state index contributed by atoms with van der Waals surface area (Å²) in [6.45, 7) is 3.73. The first-order valence-electron chi connectivity index (χ1n) is 10.0. The Morgan fingerprint density at radius 3 is 2.58 bits per heavy atom. The number of pyridine rings is 1. The molecule has 0 atom stereocenters. The number of carbonyl (C=O) groups is 1. The van der Waals surface area contributed by atoms with E-state index in [1.165, 1.54) is 0 Å². The van der Waals surface area contributed by atoms with Crippen LogP contribution in [-0.4, -0.2) is 54.9 Å². The van der Waals surface area contributed by atoms with Gasteiger partial charge in [-0.15, -0.1) is 0 Å². The van der Waals surface area contributed by atoms with Gasteiger partial charge in [0.25, 0.3) is 11.8 Å². The molecule has 0 radical (unpaired) electrons. The monoisotopic (exact) mass is 416 g/mol. The van der Waals surface area contributed by atoms with Crippen LogP contribution in [0.5, 0.6) is 5.75 Å². The van der Waals surface area contributed by atoms with Gasteiger partial charge in [0.15, 0.2) is 0 Å². The van der Waals surface area contributed by atoms with E-state index >= 15 is 0 Å². The van der Waals surface area contributed by atoms with Crippen molar-refractivity contribution in [3.05, 3.63) is 66.7 Å². The van der Waals surface area contributed by atoms with Gasteiger partial charge in [0.1, 0.15) is 17.5 Å². The maximum Gasteiger partial charge on any atom is 0.272 e. The van der Waals surface area contributed by atoms with E-state index in [-0.39, 0.29) is 12.0 Å². The lowest BCUT2D eigenvalue weighted by atomic mass is 10.1. The minimum atomic E-state index is -0.0312. The summed E-state index contributed by atoms with van der Waals surface area (Å²) in [7, 11) is 0. The van der Waals surface area contributed by atoms with Crippen LogP contribution in [0.1, 0.15) is 17.4 Å². The molecule has 0 aliphatic carbocycles. The van der Waals surface area contributed by atoms with Gasteiger partial charge in [-0.1, -0.05) is 5.16 Å². The Labute approximate surface area is 178 Å². The fourth-order valence-electron chi connectivity index (χ4n) is 3.43. The molecule has 1 aromatic carbocycles. The zero-order valence-electron chi connectivity index (χ0n) is 16.9. The molecular formula is C22H20N6O3. The minimum absolute atomic E-state index is 0.0170. The summed E-state index contributed by atoms with van der Waals surface area (Å²) >= 11 is 0. The van der Waals surface area contributed by atoms with Gasteiger partial charge in [-0.2, -0.15) is 10.1 Å². The van der Waals surface area contributed by atoms with E-state index in [2.05, 4.69) is 20.2 Å². The van der Waals surface area contributed by atoms with Crippen molar-refractivity contribution in [2.24, 2.45) is 0 Å². The number of hydrogen-bond acceptors (Lipinski definition) is 7. The van der Waals surface area contributed by atoms with E-state index in [9.17, 15) is 4.79 Å². The van der Waals surface area contributed by atoms with Crippen molar-refractivity contribution >= 4 is 5.91 Å². The smallest absolute Gasteiger partial charge is 0.272 e. The summed E-state index contributed by atoms with van der Waals surface area (Å²) in [5.41, 5.74) is 2.26. The number of benzene rings is 1. The van der Waals surface area contributed by atoms with Gasteiger partial charge < -0.3 is 14.2 Å². The number of hydrogen-bond donors (Lipinski definition) is 0. The van der Waals surface area contributed by atoms with Crippen LogP contribution in [0, 0.1) is 0 Å². The normalized spacial score (nSPS) is 13.8. The highest BCUT2D eigenvalue weighted by molar-refractivity contribution is 5.93. The molecule has 5 rings (SSSR count). The Kier molecular flexibility index (Phi) is 4.91. The highest BCUT2D eigenvalue weighted by Gasteiger charge is 2.34. The quantitative estimate of drug-likeness (QED) is 0.476. The lowest BCUT2D eigenvalue weighted by Gasteiger charge is -2.38. The fourth-order valence-corrected chi connectivity index (χ4v) is 3.43. The maximum atomic E-state index is 12.6. The number of rotatable bonds is 6. The molecule has 1 aliphatic rings. The number of amides is 1. The molecule has 1 fully saturated rings. The Morgan fingerprint density at radius 1 is 1.06 bits per heavy atom. The van der Waals surface area contributed by atoms with Gasteiger partial charge in [0, 0.05) is 36.3 Å². The van der Waals surface area contributed by atoms with E-state index in [1.54, 1.807) is 34.2 Å². The van der Waals surface area contributed by atoms with Gasteiger partial charge in [-0.3, -0.25) is 14.5 Å². The third-order valence-electron chi connectivity index (χ3n) is 5.14. The average Bonchev–Trinajstić information content (AvgIpc) is 3.46. The van der Waals surface area contributed by atoms with E-state index in [4.69, 9.17) is 9.26 Å². The molecule has 156 valence electrons. The first-order chi connectivity index (χ1) is 15.2. The van der Waals surface area contributed by atoms with Gasteiger partial charge in [0.2, 0.25) is 5.82 Å². The molecule has 3 aromatic heterocycles. The summed E-state index contributed by atoms with van der Waals surface area (Å²) in [4.78, 5) is 22.7. The van der Waals surface area contributed by atoms with Gasteiger partial charge in [0.05, 0.1) is 13.1 Å². The van der Waals surface area contributed by atoms with Crippen molar-refractivity contribution in [1.82, 2.24) is 29.8 Å². The highest BCUT2D eigenvalue weighted by atomic mass is 16.5. The van der Waals surface area contributed by atoms with E-state index in [0.717, 1.165) is 16.9 Å². The third kappa shape index (κ3) is 3.77.